The SMILES string of the molecule is CCCCC/C(=C\c1c(F)cccc1F)C(C)=O. The quantitative estimate of drug-likeness (QED) is 0.537. The van der Waals surface area contributed by atoms with Crippen LogP contribution in [0.2, 0.25) is 0 Å². The smallest absolute Gasteiger partial charge is 0.155 e. The number of benzene rings is 1. The van der Waals surface area contributed by atoms with E-state index in [1.54, 1.807) is 0 Å². The molecular formula is C15H18F2O. The largest absolute Gasteiger partial charge is 0.295 e. The fourth-order valence-corrected chi connectivity index (χ4v) is 1.74. The van der Waals surface area contributed by atoms with E-state index >= 15 is 0 Å². The van der Waals surface area contributed by atoms with Crippen molar-refractivity contribution in [3.05, 3.63) is 41.0 Å². The van der Waals surface area contributed by atoms with Gasteiger partial charge in [0.1, 0.15) is 11.6 Å². The molecule has 0 unspecified atom stereocenters. The molecule has 1 aromatic rings. The van der Waals surface area contributed by atoms with Gasteiger partial charge in [0.05, 0.1) is 0 Å². The molecule has 1 nitrogen and oxygen atoms in total. The Bertz CT molecular complexity index is 430. The van der Waals surface area contributed by atoms with E-state index in [1.165, 1.54) is 31.2 Å². The monoisotopic (exact) mass is 252 g/mol. The molecule has 0 radical (unpaired) electrons. The Morgan fingerprint density at radius 2 is 1.83 bits per heavy atom. The molecule has 0 aliphatic rings. The van der Waals surface area contributed by atoms with Gasteiger partial charge in [0.25, 0.3) is 0 Å². The summed E-state index contributed by atoms with van der Waals surface area (Å²) >= 11 is 0. The van der Waals surface area contributed by atoms with Gasteiger partial charge in [-0.15, -0.1) is 0 Å². The van der Waals surface area contributed by atoms with Crippen LogP contribution in [0.25, 0.3) is 6.08 Å². The van der Waals surface area contributed by atoms with Crippen LogP contribution in [0.4, 0.5) is 8.78 Å². The van der Waals surface area contributed by atoms with E-state index in [1.807, 2.05) is 0 Å². The average Bonchev–Trinajstić information content (AvgIpc) is 2.31. The molecule has 98 valence electrons. The van der Waals surface area contributed by atoms with Gasteiger partial charge in [-0.25, -0.2) is 8.78 Å². The minimum atomic E-state index is -0.635. The number of rotatable bonds is 6. The van der Waals surface area contributed by atoms with E-state index in [4.69, 9.17) is 0 Å². The highest BCUT2D eigenvalue weighted by Gasteiger charge is 2.09. The van der Waals surface area contributed by atoms with Crippen LogP contribution < -0.4 is 0 Å². The van der Waals surface area contributed by atoms with E-state index in [2.05, 4.69) is 6.92 Å². The molecule has 0 bridgehead atoms. The van der Waals surface area contributed by atoms with Crippen molar-refractivity contribution in [1.29, 1.82) is 0 Å². The second kappa shape index (κ2) is 7.04. The highest BCUT2D eigenvalue weighted by molar-refractivity contribution is 5.97. The number of carbonyl (C=O) groups excluding carboxylic acids is 1. The molecule has 0 aliphatic carbocycles. The van der Waals surface area contributed by atoms with Gasteiger partial charge in [-0.2, -0.15) is 0 Å². The van der Waals surface area contributed by atoms with Crippen molar-refractivity contribution in [3.63, 3.8) is 0 Å². The van der Waals surface area contributed by atoms with Crippen molar-refractivity contribution in [3.8, 4) is 0 Å². The molecule has 0 heterocycles. The molecular weight excluding hydrogens is 234 g/mol. The lowest BCUT2D eigenvalue weighted by Crippen LogP contribution is -1.99. The van der Waals surface area contributed by atoms with Crippen LogP contribution in [0.5, 0.6) is 0 Å². The molecule has 0 saturated heterocycles. The van der Waals surface area contributed by atoms with Gasteiger partial charge in [-0.05, 0) is 43.5 Å². The lowest BCUT2D eigenvalue weighted by molar-refractivity contribution is -0.113. The zero-order chi connectivity index (χ0) is 13.5. The van der Waals surface area contributed by atoms with Crippen LogP contribution in [0.15, 0.2) is 23.8 Å². The van der Waals surface area contributed by atoms with Gasteiger partial charge in [0.2, 0.25) is 0 Å². The Hall–Kier alpha value is -1.51. The van der Waals surface area contributed by atoms with Crippen molar-refractivity contribution in [2.75, 3.05) is 0 Å². The van der Waals surface area contributed by atoms with Crippen molar-refractivity contribution in [1.82, 2.24) is 0 Å². The summed E-state index contributed by atoms with van der Waals surface area (Å²) in [6.45, 7) is 3.49. The zero-order valence-electron chi connectivity index (χ0n) is 10.8. The first-order valence-corrected chi connectivity index (χ1v) is 6.21. The number of hydrogen-bond donors (Lipinski definition) is 0. The van der Waals surface area contributed by atoms with Crippen LogP contribution in [0, 0.1) is 11.6 Å². The van der Waals surface area contributed by atoms with E-state index in [-0.39, 0.29) is 11.3 Å². The highest BCUT2D eigenvalue weighted by atomic mass is 19.1. The van der Waals surface area contributed by atoms with E-state index in [9.17, 15) is 13.6 Å². The molecule has 0 amide bonds. The Morgan fingerprint density at radius 1 is 1.22 bits per heavy atom. The predicted octanol–water partition coefficient (Wildman–Crippen LogP) is 4.52. The van der Waals surface area contributed by atoms with Crippen LogP contribution in [-0.2, 0) is 4.79 Å². The van der Waals surface area contributed by atoms with Crippen molar-refractivity contribution >= 4 is 11.9 Å². The molecule has 0 fully saturated rings. The fraction of sp³-hybridized carbons (Fsp3) is 0.400. The first-order chi connectivity index (χ1) is 8.56. The average molecular weight is 252 g/mol. The summed E-state index contributed by atoms with van der Waals surface area (Å²) in [5.41, 5.74) is 0.353. The Kier molecular flexibility index (Phi) is 5.69. The van der Waals surface area contributed by atoms with Gasteiger partial charge in [-0.3, -0.25) is 4.79 Å². The minimum absolute atomic E-state index is 0.126. The number of unbranched alkanes of at least 4 members (excludes halogenated alkanes) is 2. The molecule has 0 spiro atoms. The summed E-state index contributed by atoms with van der Waals surface area (Å²) in [5.74, 6) is -1.40. The summed E-state index contributed by atoms with van der Waals surface area (Å²) in [4.78, 5) is 11.5. The molecule has 0 saturated carbocycles. The maximum atomic E-state index is 13.5. The zero-order valence-corrected chi connectivity index (χ0v) is 10.8. The predicted molar refractivity (Wildman–Crippen MR) is 69.2 cm³/mol. The summed E-state index contributed by atoms with van der Waals surface area (Å²) in [7, 11) is 0. The number of ketones is 1. The molecule has 1 aromatic carbocycles. The number of Topliss-reactive ketones (excluding diaryl/α,β-unsaturated/α-hetero) is 1. The Morgan fingerprint density at radius 3 is 2.33 bits per heavy atom. The van der Waals surface area contributed by atoms with Crippen LogP contribution in [0.3, 0.4) is 0 Å². The van der Waals surface area contributed by atoms with Crippen LogP contribution in [-0.4, -0.2) is 5.78 Å². The summed E-state index contributed by atoms with van der Waals surface area (Å²) in [6, 6.07) is 3.70. The normalized spacial score (nSPS) is 11.7. The Labute approximate surface area is 107 Å². The van der Waals surface area contributed by atoms with Gasteiger partial charge < -0.3 is 0 Å². The standard InChI is InChI=1S/C15H18F2O/c1-3-4-5-7-12(11(2)18)10-13-14(16)8-6-9-15(13)17/h6,8-10H,3-5,7H2,1-2H3/b12-10+. The lowest BCUT2D eigenvalue weighted by Gasteiger charge is -2.05. The number of allylic oxidation sites excluding steroid dienone is 1. The molecule has 18 heavy (non-hydrogen) atoms. The topological polar surface area (TPSA) is 17.1 Å². The maximum Gasteiger partial charge on any atom is 0.155 e. The van der Waals surface area contributed by atoms with E-state index in [0.29, 0.717) is 12.0 Å². The molecule has 0 atom stereocenters. The molecule has 1 rings (SSSR count). The number of hydrogen-bond acceptors (Lipinski definition) is 1. The summed E-state index contributed by atoms with van der Waals surface area (Å²) in [6.07, 6.45) is 4.81. The number of carbonyl (C=O) groups is 1. The molecule has 3 heteroatoms. The maximum absolute atomic E-state index is 13.5. The highest BCUT2D eigenvalue weighted by Crippen LogP contribution is 2.19. The summed E-state index contributed by atoms with van der Waals surface area (Å²) in [5, 5.41) is 0. The van der Waals surface area contributed by atoms with E-state index in [0.717, 1.165) is 19.3 Å². The first kappa shape index (κ1) is 14.6. The number of halogens is 2. The lowest BCUT2D eigenvalue weighted by atomic mass is 10.0. The van der Waals surface area contributed by atoms with Gasteiger partial charge in [-0.1, -0.05) is 25.8 Å². The molecule has 0 N–H and O–H groups in total. The van der Waals surface area contributed by atoms with E-state index < -0.39 is 11.6 Å². The molecule has 0 aromatic heterocycles. The third-order valence-electron chi connectivity index (χ3n) is 2.82. The second-order valence-corrected chi connectivity index (χ2v) is 4.32. The molecule has 0 aliphatic heterocycles. The van der Waals surface area contributed by atoms with Crippen molar-refractivity contribution < 1.29 is 13.6 Å². The second-order valence-electron chi connectivity index (χ2n) is 4.32. The third kappa shape index (κ3) is 4.06. The first-order valence-electron chi connectivity index (χ1n) is 6.21. The van der Waals surface area contributed by atoms with Crippen LogP contribution >= 0.6 is 0 Å². The van der Waals surface area contributed by atoms with Crippen molar-refractivity contribution in [2.24, 2.45) is 0 Å². The van der Waals surface area contributed by atoms with Gasteiger partial charge in [0, 0.05) is 5.56 Å². The minimum Gasteiger partial charge on any atom is -0.295 e. The fourth-order valence-electron chi connectivity index (χ4n) is 1.74. The Balaban J connectivity index is 2.97. The third-order valence-corrected chi connectivity index (χ3v) is 2.82. The van der Waals surface area contributed by atoms with Gasteiger partial charge in [0.15, 0.2) is 5.78 Å². The van der Waals surface area contributed by atoms with Gasteiger partial charge >= 0.3 is 0 Å². The van der Waals surface area contributed by atoms with Crippen molar-refractivity contribution in [2.45, 2.75) is 39.5 Å². The summed E-state index contributed by atoms with van der Waals surface area (Å²) < 4.78 is 26.9. The van der Waals surface area contributed by atoms with Crippen LogP contribution in [0.1, 0.15) is 45.1 Å².